The molecule has 176 valence electrons. The number of aromatic nitrogens is 7. The van der Waals surface area contributed by atoms with Crippen LogP contribution in [0.4, 0.5) is 0 Å². The predicted molar refractivity (Wildman–Crippen MR) is 113 cm³/mol. The molecule has 14 nitrogen and oxygen atoms in total. The average molecular weight is 469 g/mol. The first-order valence-electron chi connectivity index (χ1n) is 10.3. The van der Waals surface area contributed by atoms with Crippen molar-refractivity contribution in [2.24, 2.45) is 0 Å². The Morgan fingerprint density at radius 2 is 1.91 bits per heavy atom. The van der Waals surface area contributed by atoms with E-state index >= 15 is 0 Å². The van der Waals surface area contributed by atoms with Gasteiger partial charge in [-0.2, -0.15) is 0 Å². The van der Waals surface area contributed by atoms with Gasteiger partial charge in [0.1, 0.15) is 23.9 Å². The van der Waals surface area contributed by atoms with E-state index in [1.54, 1.807) is 20.0 Å². The molecule has 3 aromatic heterocycles. The maximum Gasteiger partial charge on any atom is 0.330 e. The Hall–Kier alpha value is -4.06. The van der Waals surface area contributed by atoms with Crippen LogP contribution in [0.5, 0.6) is 0 Å². The van der Waals surface area contributed by atoms with Crippen LogP contribution in [0.25, 0.3) is 0 Å². The summed E-state index contributed by atoms with van der Waals surface area (Å²) in [4.78, 5) is 53.2. The van der Waals surface area contributed by atoms with E-state index in [4.69, 9.17) is 14.2 Å². The molecule has 34 heavy (non-hydrogen) atoms. The van der Waals surface area contributed by atoms with E-state index in [0.29, 0.717) is 0 Å². The summed E-state index contributed by atoms with van der Waals surface area (Å²) in [6.45, 7) is 3.73. The summed E-state index contributed by atoms with van der Waals surface area (Å²) in [5.41, 5.74) is -2.02. The minimum atomic E-state index is -0.899. The Balaban J connectivity index is 1.37. The number of nitrogens with one attached hydrogen (secondary N) is 3. The number of ether oxygens (including phenoxy) is 3. The Kier molecular flexibility index (Phi) is 5.16. The van der Waals surface area contributed by atoms with Gasteiger partial charge in [-0.15, -0.1) is 5.10 Å². The summed E-state index contributed by atoms with van der Waals surface area (Å²) in [5.74, 6) is 4.44. The smallest absolute Gasteiger partial charge is 0.330 e. The van der Waals surface area contributed by atoms with Crippen LogP contribution in [-0.4, -0.2) is 58.6 Å². The molecule has 0 aliphatic carbocycles. The van der Waals surface area contributed by atoms with Gasteiger partial charge in [-0.25, -0.2) is 14.3 Å². The van der Waals surface area contributed by atoms with E-state index in [9.17, 15) is 19.2 Å². The fourth-order valence-corrected chi connectivity index (χ4v) is 3.92. The monoisotopic (exact) mass is 469 g/mol. The highest BCUT2D eigenvalue weighted by atomic mass is 16.8. The van der Waals surface area contributed by atoms with Gasteiger partial charge in [0.05, 0.1) is 12.7 Å². The van der Waals surface area contributed by atoms with Crippen LogP contribution in [0, 0.1) is 11.8 Å². The van der Waals surface area contributed by atoms with Crippen molar-refractivity contribution in [1.29, 1.82) is 0 Å². The number of nitrogens with zero attached hydrogens (tertiary/aromatic N) is 4. The van der Waals surface area contributed by atoms with Crippen molar-refractivity contribution in [2.75, 3.05) is 0 Å². The quantitative estimate of drug-likeness (QED) is 0.367. The second kappa shape index (κ2) is 8.06. The van der Waals surface area contributed by atoms with Crippen molar-refractivity contribution in [3.63, 3.8) is 0 Å². The van der Waals surface area contributed by atoms with Gasteiger partial charge in [-0.3, -0.25) is 24.1 Å². The molecule has 2 aliphatic rings. The van der Waals surface area contributed by atoms with Gasteiger partial charge in [-0.05, 0) is 19.8 Å². The Labute approximate surface area is 189 Å². The van der Waals surface area contributed by atoms with Crippen molar-refractivity contribution in [3.05, 3.63) is 77.6 Å². The molecule has 2 aliphatic heterocycles. The van der Waals surface area contributed by atoms with Crippen molar-refractivity contribution in [2.45, 2.75) is 50.7 Å². The predicted octanol–water partition coefficient (Wildman–Crippen LogP) is -1.98. The van der Waals surface area contributed by atoms with Crippen molar-refractivity contribution >= 4 is 0 Å². The summed E-state index contributed by atoms with van der Waals surface area (Å²) < 4.78 is 20.8. The molecule has 14 heteroatoms. The van der Waals surface area contributed by atoms with Gasteiger partial charge < -0.3 is 19.2 Å². The van der Waals surface area contributed by atoms with Crippen LogP contribution in [0.15, 0.2) is 43.8 Å². The Bertz CT molecular complexity index is 1530. The lowest BCUT2D eigenvalue weighted by Crippen LogP contribution is -2.37. The largest absolute Gasteiger partial charge is 0.347 e. The SMILES string of the molecule is CC1(C)O[C@@H]2[C@H](O1)[C@@H](Cn1cc(C#Cc3c[nH]c(=O)[nH]c3=O)nn1)O[C@H]2n1ccc(=O)[nH]c1=O. The number of H-pyrrole nitrogens is 3. The number of aromatic amines is 3. The van der Waals surface area contributed by atoms with Gasteiger partial charge >= 0.3 is 11.4 Å². The van der Waals surface area contributed by atoms with Gasteiger partial charge in [0.25, 0.3) is 11.1 Å². The first kappa shape index (κ1) is 21.8. The molecule has 5 heterocycles. The van der Waals surface area contributed by atoms with Crippen LogP contribution in [0.1, 0.15) is 31.3 Å². The topological polar surface area (TPSA) is 179 Å². The molecular weight excluding hydrogens is 450 g/mol. The van der Waals surface area contributed by atoms with Crippen LogP contribution < -0.4 is 22.5 Å². The fourth-order valence-electron chi connectivity index (χ4n) is 3.92. The highest BCUT2D eigenvalue weighted by molar-refractivity contribution is 5.36. The zero-order valence-electron chi connectivity index (χ0n) is 18.0. The number of fused-ring (bicyclic) bond motifs is 1. The molecule has 0 radical (unpaired) electrons. The summed E-state index contributed by atoms with van der Waals surface area (Å²) in [6, 6.07) is 1.23. The fraction of sp³-hybridized carbons (Fsp3) is 0.400. The molecule has 0 bridgehead atoms. The van der Waals surface area contributed by atoms with E-state index < -0.39 is 52.8 Å². The zero-order chi connectivity index (χ0) is 24.0. The van der Waals surface area contributed by atoms with Crippen molar-refractivity contribution in [1.82, 2.24) is 34.5 Å². The minimum absolute atomic E-state index is 0.0732. The highest BCUT2D eigenvalue weighted by Gasteiger charge is 2.56. The lowest BCUT2D eigenvalue weighted by atomic mass is 10.1. The maximum absolute atomic E-state index is 12.3. The minimum Gasteiger partial charge on any atom is -0.347 e. The summed E-state index contributed by atoms with van der Waals surface area (Å²) in [7, 11) is 0. The third-order valence-corrected chi connectivity index (χ3v) is 5.30. The van der Waals surface area contributed by atoms with Crippen LogP contribution in [0.2, 0.25) is 0 Å². The van der Waals surface area contributed by atoms with Crippen LogP contribution in [-0.2, 0) is 20.8 Å². The van der Waals surface area contributed by atoms with Crippen LogP contribution >= 0.6 is 0 Å². The molecule has 3 aromatic rings. The average Bonchev–Trinajstić information content (AvgIpc) is 3.42. The second-order valence-corrected chi connectivity index (χ2v) is 8.21. The summed E-state index contributed by atoms with van der Waals surface area (Å²) in [6.07, 6.45) is 1.63. The van der Waals surface area contributed by atoms with Gasteiger partial charge in [0, 0.05) is 18.5 Å². The maximum atomic E-state index is 12.3. The molecule has 0 spiro atoms. The molecule has 5 rings (SSSR count). The number of rotatable bonds is 3. The van der Waals surface area contributed by atoms with E-state index in [0.717, 1.165) is 0 Å². The zero-order valence-corrected chi connectivity index (χ0v) is 18.0. The number of hydrogen-bond acceptors (Lipinski definition) is 9. The third kappa shape index (κ3) is 4.15. The molecule has 0 unspecified atom stereocenters. The van der Waals surface area contributed by atoms with Gasteiger partial charge in [-0.1, -0.05) is 11.1 Å². The van der Waals surface area contributed by atoms with Gasteiger partial charge in [0.2, 0.25) is 0 Å². The van der Waals surface area contributed by atoms with E-state index in [1.807, 2.05) is 0 Å². The Morgan fingerprint density at radius 1 is 1.12 bits per heavy atom. The van der Waals surface area contributed by atoms with Gasteiger partial charge in [0.15, 0.2) is 17.7 Å². The molecule has 3 N–H and O–H groups in total. The molecular formula is C20H19N7O7. The number of hydrogen-bond donors (Lipinski definition) is 3. The molecule has 4 atom stereocenters. The van der Waals surface area contributed by atoms with E-state index in [1.165, 1.54) is 27.7 Å². The normalized spacial score (nSPS) is 25.0. The van der Waals surface area contributed by atoms with Crippen molar-refractivity contribution < 1.29 is 14.2 Å². The lowest BCUT2D eigenvalue weighted by Gasteiger charge is -2.24. The Morgan fingerprint density at radius 3 is 2.68 bits per heavy atom. The first-order valence-corrected chi connectivity index (χ1v) is 10.3. The highest BCUT2D eigenvalue weighted by Crippen LogP contribution is 2.42. The molecule has 2 fully saturated rings. The first-order chi connectivity index (χ1) is 16.2. The molecule has 0 amide bonds. The standard InChI is InChI=1S/C20H19N7O7/c1-20(2)33-14-12(32-17(15(14)34-20)27-6-5-13(28)22-19(27)31)9-26-8-11(24-25-26)4-3-10-7-21-18(30)23-16(10)29/h5-8,12,14-15,17H,9H2,1-2H3,(H,22,28,31)(H2,21,23,29,30)/t12-,14-,15-,17-/m1/s1. The molecule has 2 saturated heterocycles. The summed E-state index contributed by atoms with van der Waals surface area (Å²) >= 11 is 0. The van der Waals surface area contributed by atoms with Crippen LogP contribution in [0.3, 0.4) is 0 Å². The molecule has 0 aromatic carbocycles. The lowest BCUT2D eigenvalue weighted by molar-refractivity contribution is -0.198. The third-order valence-electron chi connectivity index (χ3n) is 5.30. The van der Waals surface area contributed by atoms with E-state index in [-0.39, 0.29) is 17.8 Å². The second-order valence-electron chi connectivity index (χ2n) is 8.21. The summed E-state index contributed by atoms with van der Waals surface area (Å²) in [5, 5.41) is 8.00. The van der Waals surface area contributed by atoms with E-state index in [2.05, 4.69) is 37.1 Å². The van der Waals surface area contributed by atoms with Crippen molar-refractivity contribution in [3.8, 4) is 11.8 Å². The molecule has 0 saturated carbocycles.